The molecule has 0 aliphatic carbocycles. The molecule has 2 aromatic carbocycles. The summed E-state index contributed by atoms with van der Waals surface area (Å²) in [5.41, 5.74) is 2.49. The van der Waals surface area contributed by atoms with Crippen molar-refractivity contribution >= 4 is 34.3 Å². The van der Waals surface area contributed by atoms with Crippen LogP contribution in [-0.2, 0) is 11.2 Å². The molecular formula is C23H26ClN3O2. The number of unbranched alkanes of at least 4 members (excludes halogenated alkanes) is 2. The number of hydrogen-bond acceptors (Lipinski definition) is 3. The minimum atomic E-state index is -0.227. The summed E-state index contributed by atoms with van der Waals surface area (Å²) in [6, 6.07) is 14.6. The summed E-state index contributed by atoms with van der Waals surface area (Å²) in [6.07, 6.45) is 3.60. The van der Waals surface area contributed by atoms with Gasteiger partial charge in [-0.25, -0.2) is 4.98 Å². The number of Topliss-reactive ketones (excluding diaryl/α,β-unsaturated/α-hetero) is 1. The van der Waals surface area contributed by atoms with Crippen molar-refractivity contribution in [2.75, 3.05) is 6.54 Å². The third kappa shape index (κ3) is 5.24. The van der Waals surface area contributed by atoms with Crippen molar-refractivity contribution in [3.63, 3.8) is 0 Å². The third-order valence-corrected chi connectivity index (χ3v) is 5.33. The first kappa shape index (κ1) is 21.1. The van der Waals surface area contributed by atoms with Gasteiger partial charge in [0.25, 0.3) is 5.91 Å². The Balaban J connectivity index is 1.52. The van der Waals surface area contributed by atoms with E-state index >= 15 is 0 Å². The average molecular weight is 412 g/mol. The molecule has 1 heterocycles. The molecule has 1 aromatic heterocycles. The van der Waals surface area contributed by atoms with Gasteiger partial charge in [0.05, 0.1) is 17.1 Å². The van der Waals surface area contributed by atoms with Gasteiger partial charge >= 0.3 is 0 Å². The second-order valence-corrected chi connectivity index (χ2v) is 7.69. The van der Waals surface area contributed by atoms with E-state index in [9.17, 15) is 9.59 Å². The van der Waals surface area contributed by atoms with E-state index in [0.29, 0.717) is 17.1 Å². The van der Waals surface area contributed by atoms with Gasteiger partial charge in [-0.15, -0.1) is 0 Å². The summed E-state index contributed by atoms with van der Waals surface area (Å²) in [4.78, 5) is 28.8. The number of rotatable bonds is 9. The molecule has 0 aliphatic heterocycles. The maximum absolute atomic E-state index is 12.1. The molecule has 1 amide bonds. The van der Waals surface area contributed by atoms with Crippen molar-refractivity contribution < 1.29 is 9.59 Å². The molecule has 1 unspecified atom stereocenters. The highest BCUT2D eigenvalue weighted by molar-refractivity contribution is 6.30. The Morgan fingerprint density at radius 3 is 2.66 bits per heavy atom. The van der Waals surface area contributed by atoms with E-state index in [-0.39, 0.29) is 17.7 Å². The highest BCUT2D eigenvalue weighted by Gasteiger charge is 2.18. The van der Waals surface area contributed by atoms with Crippen LogP contribution < -0.4 is 5.32 Å². The first-order chi connectivity index (χ1) is 14.0. The van der Waals surface area contributed by atoms with Crippen LogP contribution in [0.2, 0.25) is 5.02 Å². The number of aryl methyl sites for hydroxylation is 1. The second kappa shape index (κ2) is 9.70. The Kier molecular flexibility index (Phi) is 7.04. The lowest BCUT2D eigenvalue weighted by atomic mass is 10.1. The Labute approximate surface area is 176 Å². The van der Waals surface area contributed by atoms with Gasteiger partial charge in [-0.2, -0.15) is 0 Å². The van der Waals surface area contributed by atoms with Crippen LogP contribution in [0.15, 0.2) is 48.5 Å². The number of fused-ring (bicyclic) bond motifs is 1. The zero-order chi connectivity index (χ0) is 20.8. The Bertz CT molecular complexity index is 1010. The van der Waals surface area contributed by atoms with E-state index < -0.39 is 0 Å². The molecule has 0 spiro atoms. The molecule has 1 atom stereocenters. The second-order valence-electron chi connectivity index (χ2n) is 7.25. The maximum Gasteiger partial charge on any atom is 0.251 e. The molecule has 0 radical (unpaired) electrons. The number of nitrogens with zero attached hydrogens (tertiary/aromatic N) is 2. The molecule has 1 N–H and O–H groups in total. The average Bonchev–Trinajstić information content (AvgIpc) is 3.07. The summed E-state index contributed by atoms with van der Waals surface area (Å²) in [5, 5.41) is 3.48. The molecule has 0 fully saturated rings. The van der Waals surface area contributed by atoms with E-state index in [1.165, 1.54) is 0 Å². The number of ketones is 1. The van der Waals surface area contributed by atoms with Gasteiger partial charge in [-0.05, 0) is 57.0 Å². The molecule has 0 saturated heterocycles. The smallest absolute Gasteiger partial charge is 0.251 e. The molecule has 3 rings (SSSR count). The number of benzene rings is 2. The SMILES string of the molecule is CC(=O)C(C)n1c(CCCCCNC(=O)c2cccc(Cl)c2)nc2ccccc21. The van der Waals surface area contributed by atoms with Gasteiger partial charge < -0.3 is 9.88 Å². The number of imidazole rings is 1. The van der Waals surface area contributed by atoms with Crippen molar-refractivity contribution in [2.45, 2.75) is 45.6 Å². The van der Waals surface area contributed by atoms with Crippen LogP contribution in [-0.4, -0.2) is 27.8 Å². The quantitative estimate of drug-likeness (QED) is 0.505. The van der Waals surface area contributed by atoms with Gasteiger partial charge in [-0.1, -0.05) is 36.2 Å². The Morgan fingerprint density at radius 2 is 1.90 bits per heavy atom. The van der Waals surface area contributed by atoms with Crippen molar-refractivity contribution in [2.24, 2.45) is 0 Å². The van der Waals surface area contributed by atoms with Crippen LogP contribution in [0.1, 0.15) is 55.3 Å². The molecule has 0 saturated carbocycles. The van der Waals surface area contributed by atoms with Gasteiger partial charge in [0, 0.05) is 23.6 Å². The monoisotopic (exact) mass is 411 g/mol. The number of carbonyl (C=O) groups is 2. The van der Waals surface area contributed by atoms with Crippen LogP contribution in [0.3, 0.4) is 0 Å². The van der Waals surface area contributed by atoms with Crippen LogP contribution in [0, 0.1) is 0 Å². The van der Waals surface area contributed by atoms with Crippen LogP contribution in [0.4, 0.5) is 0 Å². The summed E-state index contributed by atoms with van der Waals surface area (Å²) < 4.78 is 2.05. The predicted octanol–water partition coefficient (Wildman–Crippen LogP) is 4.98. The van der Waals surface area contributed by atoms with Gasteiger partial charge in [0.2, 0.25) is 0 Å². The van der Waals surface area contributed by atoms with Crippen molar-refractivity contribution in [1.82, 2.24) is 14.9 Å². The molecule has 29 heavy (non-hydrogen) atoms. The Morgan fingerprint density at radius 1 is 1.10 bits per heavy atom. The fourth-order valence-electron chi connectivity index (χ4n) is 3.40. The van der Waals surface area contributed by atoms with Crippen molar-refractivity contribution in [3.8, 4) is 0 Å². The number of para-hydroxylation sites is 2. The summed E-state index contributed by atoms with van der Waals surface area (Å²) in [7, 11) is 0. The summed E-state index contributed by atoms with van der Waals surface area (Å²) >= 11 is 5.92. The maximum atomic E-state index is 12.1. The van der Waals surface area contributed by atoms with E-state index in [1.54, 1.807) is 31.2 Å². The highest BCUT2D eigenvalue weighted by atomic mass is 35.5. The van der Waals surface area contributed by atoms with Gasteiger partial charge in [-0.3, -0.25) is 9.59 Å². The summed E-state index contributed by atoms with van der Waals surface area (Å²) in [5.74, 6) is 0.958. The third-order valence-electron chi connectivity index (χ3n) is 5.09. The number of amides is 1. The van der Waals surface area contributed by atoms with E-state index in [0.717, 1.165) is 42.5 Å². The lowest BCUT2D eigenvalue weighted by Crippen LogP contribution is -2.24. The van der Waals surface area contributed by atoms with Crippen LogP contribution in [0.25, 0.3) is 11.0 Å². The number of nitrogens with one attached hydrogen (secondary N) is 1. The molecule has 152 valence electrons. The van der Waals surface area contributed by atoms with E-state index in [4.69, 9.17) is 16.6 Å². The predicted molar refractivity (Wildman–Crippen MR) is 116 cm³/mol. The highest BCUT2D eigenvalue weighted by Crippen LogP contribution is 2.23. The lowest BCUT2D eigenvalue weighted by molar-refractivity contribution is -0.119. The van der Waals surface area contributed by atoms with Crippen LogP contribution >= 0.6 is 11.6 Å². The molecule has 5 nitrogen and oxygen atoms in total. The first-order valence-corrected chi connectivity index (χ1v) is 10.3. The van der Waals surface area contributed by atoms with Crippen LogP contribution in [0.5, 0.6) is 0 Å². The number of hydrogen-bond donors (Lipinski definition) is 1. The number of aromatic nitrogens is 2. The van der Waals surface area contributed by atoms with Crippen molar-refractivity contribution in [1.29, 1.82) is 0 Å². The minimum Gasteiger partial charge on any atom is -0.352 e. The minimum absolute atomic E-state index is 0.107. The lowest BCUT2D eigenvalue weighted by Gasteiger charge is -2.15. The van der Waals surface area contributed by atoms with Gasteiger partial charge in [0.1, 0.15) is 5.82 Å². The zero-order valence-corrected chi connectivity index (χ0v) is 17.6. The fourth-order valence-corrected chi connectivity index (χ4v) is 3.59. The van der Waals surface area contributed by atoms with Crippen molar-refractivity contribution in [3.05, 3.63) is 64.9 Å². The molecule has 0 bridgehead atoms. The van der Waals surface area contributed by atoms with E-state index in [2.05, 4.69) is 9.88 Å². The molecule has 6 heteroatoms. The fraction of sp³-hybridized carbons (Fsp3) is 0.348. The summed E-state index contributed by atoms with van der Waals surface area (Å²) in [6.45, 7) is 4.16. The first-order valence-electron chi connectivity index (χ1n) is 9.97. The van der Waals surface area contributed by atoms with E-state index in [1.807, 2.05) is 31.2 Å². The molecule has 3 aromatic rings. The normalized spacial score (nSPS) is 12.1. The number of halogens is 1. The number of carbonyl (C=O) groups excluding carboxylic acids is 2. The van der Waals surface area contributed by atoms with Gasteiger partial charge in [0.15, 0.2) is 5.78 Å². The Hall–Kier alpha value is -2.66. The standard InChI is InChI=1S/C23H26ClN3O2/c1-16(17(2)28)27-21-12-6-5-11-20(21)26-22(27)13-4-3-7-14-25-23(29)18-9-8-10-19(24)15-18/h5-6,8-12,15-16H,3-4,7,13-14H2,1-2H3,(H,25,29). The molecular weight excluding hydrogens is 386 g/mol. The largest absolute Gasteiger partial charge is 0.352 e. The zero-order valence-electron chi connectivity index (χ0n) is 16.8. The molecule has 0 aliphatic rings. The topological polar surface area (TPSA) is 64.0 Å².